The first kappa shape index (κ1) is 14.5. The predicted molar refractivity (Wildman–Crippen MR) is 67.0 cm³/mol. The van der Waals surface area contributed by atoms with E-state index in [0.29, 0.717) is 6.42 Å². The Morgan fingerprint density at radius 3 is 2.41 bits per heavy atom. The van der Waals surface area contributed by atoms with Crippen LogP contribution < -0.4 is 0 Å². The van der Waals surface area contributed by atoms with Gasteiger partial charge < -0.3 is 15.1 Å². The molecule has 1 heterocycles. The van der Waals surface area contributed by atoms with Crippen molar-refractivity contribution in [2.24, 2.45) is 5.92 Å². The van der Waals surface area contributed by atoms with Crippen LogP contribution in [0.15, 0.2) is 0 Å². The topological polar surface area (TPSA) is 60.8 Å². The minimum Gasteiger partial charge on any atom is -0.481 e. The average molecular weight is 243 g/mol. The molecule has 1 aliphatic rings. The van der Waals surface area contributed by atoms with Crippen molar-refractivity contribution in [3.63, 3.8) is 0 Å². The number of piperidine rings is 1. The number of carboxylic acids is 1. The van der Waals surface area contributed by atoms with E-state index < -0.39 is 11.9 Å². The van der Waals surface area contributed by atoms with Crippen LogP contribution in [-0.2, 0) is 4.79 Å². The van der Waals surface area contributed by atoms with Gasteiger partial charge in [0.2, 0.25) is 0 Å². The molecule has 4 heteroatoms. The van der Waals surface area contributed by atoms with Crippen molar-refractivity contribution in [2.75, 3.05) is 26.2 Å². The van der Waals surface area contributed by atoms with Gasteiger partial charge in [0.1, 0.15) is 0 Å². The highest BCUT2D eigenvalue weighted by Crippen LogP contribution is 2.12. The maximum absolute atomic E-state index is 10.7. The van der Waals surface area contributed by atoms with Crippen LogP contribution in [0.25, 0.3) is 0 Å². The quantitative estimate of drug-likeness (QED) is 0.637. The van der Waals surface area contributed by atoms with E-state index in [4.69, 9.17) is 10.2 Å². The highest BCUT2D eigenvalue weighted by atomic mass is 16.4. The fraction of sp³-hybridized carbons (Fsp3) is 0.923. The monoisotopic (exact) mass is 243 g/mol. The number of hydrogen-bond acceptors (Lipinski definition) is 3. The van der Waals surface area contributed by atoms with Crippen LogP contribution in [0.2, 0.25) is 0 Å². The van der Waals surface area contributed by atoms with Gasteiger partial charge in [0.05, 0.1) is 12.5 Å². The minimum atomic E-state index is -0.872. The largest absolute Gasteiger partial charge is 0.481 e. The van der Waals surface area contributed by atoms with Gasteiger partial charge in [-0.05, 0) is 45.3 Å². The fourth-order valence-electron chi connectivity index (χ4n) is 2.38. The molecule has 1 unspecified atom stereocenters. The van der Waals surface area contributed by atoms with Crippen molar-refractivity contribution in [1.82, 2.24) is 4.90 Å². The Morgan fingerprint density at radius 2 is 1.82 bits per heavy atom. The summed E-state index contributed by atoms with van der Waals surface area (Å²) in [7, 11) is 0. The molecule has 0 spiro atoms. The highest BCUT2D eigenvalue weighted by Gasteiger charge is 2.15. The van der Waals surface area contributed by atoms with Crippen LogP contribution in [-0.4, -0.2) is 47.3 Å². The summed E-state index contributed by atoms with van der Waals surface area (Å²) in [4.78, 5) is 13.2. The molecule has 0 radical (unpaired) electrons. The van der Waals surface area contributed by atoms with Crippen LogP contribution in [0, 0.1) is 5.92 Å². The van der Waals surface area contributed by atoms with Crippen LogP contribution in [0.1, 0.15) is 44.9 Å². The third-order valence-corrected chi connectivity index (χ3v) is 3.55. The lowest BCUT2D eigenvalue weighted by Crippen LogP contribution is -2.30. The Balaban J connectivity index is 1.98. The van der Waals surface area contributed by atoms with Crippen LogP contribution in [0.3, 0.4) is 0 Å². The Labute approximate surface area is 104 Å². The molecule has 0 saturated carbocycles. The van der Waals surface area contributed by atoms with Gasteiger partial charge in [-0.3, -0.25) is 4.79 Å². The maximum atomic E-state index is 10.7. The second-order valence-corrected chi connectivity index (χ2v) is 4.97. The summed E-state index contributed by atoms with van der Waals surface area (Å²) >= 11 is 0. The van der Waals surface area contributed by atoms with Crippen LogP contribution in [0.4, 0.5) is 0 Å². The van der Waals surface area contributed by atoms with E-state index >= 15 is 0 Å². The Bertz CT molecular complexity index is 215. The van der Waals surface area contributed by atoms with Gasteiger partial charge in [-0.25, -0.2) is 0 Å². The van der Waals surface area contributed by atoms with E-state index in [1.807, 2.05) is 0 Å². The van der Waals surface area contributed by atoms with Crippen LogP contribution in [0.5, 0.6) is 0 Å². The number of rotatable bonds is 8. The number of nitrogens with zero attached hydrogens (tertiary/aromatic N) is 1. The SMILES string of the molecule is O=C(O)C(CO)CCCCCN1CCCCC1. The van der Waals surface area contributed by atoms with E-state index in [0.717, 1.165) is 25.8 Å². The third kappa shape index (κ3) is 6.03. The second-order valence-electron chi connectivity index (χ2n) is 4.97. The molecule has 4 nitrogen and oxygen atoms in total. The third-order valence-electron chi connectivity index (χ3n) is 3.55. The average Bonchev–Trinajstić information content (AvgIpc) is 2.34. The zero-order valence-corrected chi connectivity index (χ0v) is 10.6. The summed E-state index contributed by atoms with van der Waals surface area (Å²) in [6.45, 7) is 3.38. The molecule has 1 atom stereocenters. The molecule has 1 aliphatic heterocycles. The first-order valence-corrected chi connectivity index (χ1v) is 6.80. The number of aliphatic carboxylic acids is 1. The summed E-state index contributed by atoms with van der Waals surface area (Å²) in [5.41, 5.74) is 0. The van der Waals surface area contributed by atoms with Gasteiger partial charge in [0.25, 0.3) is 0 Å². The maximum Gasteiger partial charge on any atom is 0.308 e. The number of likely N-dealkylation sites (tertiary alicyclic amines) is 1. The zero-order valence-electron chi connectivity index (χ0n) is 10.6. The Kier molecular flexibility index (Phi) is 7.21. The molecule has 0 aromatic heterocycles. The fourth-order valence-corrected chi connectivity index (χ4v) is 2.38. The molecule has 0 aromatic rings. The molecule has 0 amide bonds. The van der Waals surface area contributed by atoms with E-state index in [1.165, 1.54) is 32.4 Å². The molecule has 17 heavy (non-hydrogen) atoms. The molecule has 0 aliphatic carbocycles. The molecule has 0 aromatic carbocycles. The first-order chi connectivity index (χ1) is 8.24. The van der Waals surface area contributed by atoms with E-state index in [1.54, 1.807) is 0 Å². The normalized spacial score (nSPS) is 19.1. The standard InChI is InChI=1S/C13H25NO3/c15-11-12(13(16)17)7-3-1-4-8-14-9-5-2-6-10-14/h12,15H,1-11H2,(H,16,17). The molecule has 2 N–H and O–H groups in total. The summed E-state index contributed by atoms with van der Waals surface area (Å²) in [5.74, 6) is -1.44. The zero-order chi connectivity index (χ0) is 12.5. The molecule has 1 saturated heterocycles. The van der Waals surface area contributed by atoms with Crippen molar-refractivity contribution in [1.29, 1.82) is 0 Å². The molecular weight excluding hydrogens is 218 g/mol. The van der Waals surface area contributed by atoms with Gasteiger partial charge in [0, 0.05) is 0 Å². The smallest absolute Gasteiger partial charge is 0.308 e. The molecular formula is C13H25NO3. The molecule has 100 valence electrons. The van der Waals surface area contributed by atoms with Gasteiger partial charge >= 0.3 is 5.97 Å². The van der Waals surface area contributed by atoms with Gasteiger partial charge in [0.15, 0.2) is 0 Å². The van der Waals surface area contributed by atoms with E-state index in [2.05, 4.69) is 4.90 Å². The minimum absolute atomic E-state index is 0.235. The lowest BCUT2D eigenvalue weighted by molar-refractivity contribution is -0.143. The lowest BCUT2D eigenvalue weighted by atomic mass is 10.0. The van der Waals surface area contributed by atoms with Crippen molar-refractivity contribution in [3.8, 4) is 0 Å². The summed E-state index contributed by atoms with van der Waals surface area (Å²) in [6, 6.07) is 0. The van der Waals surface area contributed by atoms with Gasteiger partial charge in [-0.2, -0.15) is 0 Å². The predicted octanol–water partition coefficient (Wildman–Crippen LogP) is 1.73. The first-order valence-electron chi connectivity index (χ1n) is 6.80. The number of carbonyl (C=O) groups is 1. The number of hydrogen-bond donors (Lipinski definition) is 2. The Morgan fingerprint density at radius 1 is 1.12 bits per heavy atom. The van der Waals surface area contributed by atoms with Crippen molar-refractivity contribution < 1.29 is 15.0 Å². The number of carboxylic acid groups (broad SMARTS) is 1. The molecule has 1 rings (SSSR count). The van der Waals surface area contributed by atoms with E-state index in [-0.39, 0.29) is 6.61 Å². The molecule has 1 fully saturated rings. The van der Waals surface area contributed by atoms with Crippen LogP contribution >= 0.6 is 0 Å². The Hall–Kier alpha value is -0.610. The summed E-state index contributed by atoms with van der Waals surface area (Å²) in [5, 5.41) is 17.6. The number of aliphatic hydroxyl groups is 1. The van der Waals surface area contributed by atoms with Crippen molar-refractivity contribution >= 4 is 5.97 Å². The molecule has 0 bridgehead atoms. The van der Waals surface area contributed by atoms with Crippen molar-refractivity contribution in [2.45, 2.75) is 44.9 Å². The van der Waals surface area contributed by atoms with E-state index in [9.17, 15) is 4.79 Å². The van der Waals surface area contributed by atoms with Crippen molar-refractivity contribution in [3.05, 3.63) is 0 Å². The number of unbranched alkanes of at least 4 members (excludes halogenated alkanes) is 2. The van der Waals surface area contributed by atoms with Gasteiger partial charge in [-0.1, -0.05) is 19.3 Å². The second kappa shape index (κ2) is 8.48. The number of aliphatic hydroxyl groups excluding tert-OH is 1. The van der Waals surface area contributed by atoms with Gasteiger partial charge in [-0.15, -0.1) is 0 Å². The lowest BCUT2D eigenvalue weighted by Gasteiger charge is -2.26. The highest BCUT2D eigenvalue weighted by molar-refractivity contribution is 5.69. The summed E-state index contributed by atoms with van der Waals surface area (Å²) < 4.78 is 0. The summed E-state index contributed by atoms with van der Waals surface area (Å²) in [6.07, 6.45) is 7.75.